The molecule has 34 heavy (non-hydrogen) atoms. The summed E-state index contributed by atoms with van der Waals surface area (Å²) < 4.78 is 11.4. The highest BCUT2D eigenvalue weighted by Crippen LogP contribution is 2.59. The number of aryl methyl sites for hydroxylation is 1. The lowest BCUT2D eigenvalue weighted by molar-refractivity contribution is -0.385. The third-order valence-corrected chi connectivity index (χ3v) is 6.20. The van der Waals surface area contributed by atoms with E-state index in [2.05, 4.69) is 10.5 Å². The fraction of sp³-hybridized carbons (Fsp3) is 0.333. The lowest BCUT2D eigenvalue weighted by Crippen LogP contribution is -2.22. The van der Waals surface area contributed by atoms with Gasteiger partial charge in [0, 0.05) is 17.2 Å². The Labute approximate surface area is 207 Å². The number of nitro benzene ring substituents is 1. The topological polar surface area (TPSA) is 103 Å². The molecular weight excluding hydrogens is 481 g/mol. The number of nitrogens with zero attached hydrogens (tertiary/aromatic N) is 2. The first-order valence-electron chi connectivity index (χ1n) is 10.4. The first-order chi connectivity index (χ1) is 16.0. The summed E-state index contributed by atoms with van der Waals surface area (Å²) in [4.78, 5) is 23.1. The van der Waals surface area contributed by atoms with Crippen LogP contribution >= 0.6 is 23.2 Å². The summed E-state index contributed by atoms with van der Waals surface area (Å²) in [6, 6.07) is 9.98. The molecule has 3 rings (SSSR count). The van der Waals surface area contributed by atoms with Crippen molar-refractivity contribution in [1.29, 1.82) is 0 Å². The van der Waals surface area contributed by atoms with Crippen LogP contribution in [-0.4, -0.2) is 24.2 Å². The summed E-state index contributed by atoms with van der Waals surface area (Å²) >= 11 is 11.5. The minimum Gasteiger partial charge on any atom is -0.496 e. The number of nitrogens with one attached hydrogen (secondary N) is 1. The number of carbonyl (C=O) groups excluding carboxylic acids is 1. The zero-order chi connectivity index (χ0) is 25.0. The van der Waals surface area contributed by atoms with Crippen LogP contribution in [0.1, 0.15) is 30.5 Å². The molecule has 0 spiro atoms. The summed E-state index contributed by atoms with van der Waals surface area (Å²) in [6.07, 6.45) is 3.21. The van der Waals surface area contributed by atoms with Crippen LogP contribution in [-0.2, 0) is 11.4 Å². The summed E-state index contributed by atoms with van der Waals surface area (Å²) in [5.41, 5.74) is 4.36. The Bertz CT molecular complexity index is 1160. The minimum atomic E-state index is -0.433. The quantitative estimate of drug-likeness (QED) is 0.274. The van der Waals surface area contributed by atoms with Crippen molar-refractivity contribution in [2.45, 2.75) is 27.4 Å². The molecule has 0 radical (unpaired) electrons. The van der Waals surface area contributed by atoms with Crippen LogP contribution in [0.2, 0.25) is 0 Å². The van der Waals surface area contributed by atoms with Crippen LogP contribution in [0.25, 0.3) is 0 Å². The Kier molecular flexibility index (Phi) is 7.84. The van der Waals surface area contributed by atoms with Gasteiger partial charge in [0.1, 0.15) is 22.6 Å². The van der Waals surface area contributed by atoms with Crippen LogP contribution in [0, 0.1) is 34.3 Å². The van der Waals surface area contributed by atoms with Crippen LogP contribution < -0.4 is 14.9 Å². The summed E-state index contributed by atoms with van der Waals surface area (Å²) in [7, 11) is 1.55. The minimum absolute atomic E-state index is 0.0351. The molecular formula is C24H25Cl2N3O5. The number of halogens is 2. The number of methoxy groups -OCH3 is 1. The maximum absolute atomic E-state index is 12.5. The molecule has 1 fully saturated rings. The molecule has 0 aliphatic heterocycles. The van der Waals surface area contributed by atoms with Crippen LogP contribution in [0.4, 0.5) is 5.69 Å². The number of hydrazone groups is 1. The highest BCUT2D eigenvalue weighted by atomic mass is 35.5. The molecule has 1 aliphatic rings. The molecule has 180 valence electrons. The highest BCUT2D eigenvalue weighted by Gasteiger charge is 2.60. The number of hydrogen-bond acceptors (Lipinski definition) is 6. The van der Waals surface area contributed by atoms with Crippen molar-refractivity contribution in [3.8, 4) is 11.5 Å². The molecule has 1 aliphatic carbocycles. The van der Waals surface area contributed by atoms with E-state index in [0.717, 1.165) is 11.1 Å². The van der Waals surface area contributed by atoms with Gasteiger partial charge in [-0.25, -0.2) is 5.43 Å². The van der Waals surface area contributed by atoms with E-state index >= 15 is 0 Å². The van der Waals surface area contributed by atoms with Gasteiger partial charge in [0.05, 0.1) is 24.2 Å². The molecule has 1 N–H and O–H groups in total. The average Bonchev–Trinajstić information content (AvgIpc) is 3.30. The van der Waals surface area contributed by atoms with E-state index in [1.807, 2.05) is 19.9 Å². The van der Waals surface area contributed by atoms with Crippen LogP contribution in [0.5, 0.6) is 11.5 Å². The second-order valence-electron chi connectivity index (χ2n) is 8.58. The molecule has 1 saturated carbocycles. The zero-order valence-electron chi connectivity index (χ0n) is 19.2. The molecule has 2 aromatic carbocycles. The molecule has 8 nitrogen and oxygen atoms in total. The van der Waals surface area contributed by atoms with Gasteiger partial charge in [-0.2, -0.15) is 5.10 Å². The maximum atomic E-state index is 12.5. The van der Waals surface area contributed by atoms with E-state index in [1.54, 1.807) is 44.4 Å². The Morgan fingerprint density at radius 2 is 2.00 bits per heavy atom. The van der Waals surface area contributed by atoms with Crippen molar-refractivity contribution < 1.29 is 19.2 Å². The fourth-order valence-electron chi connectivity index (χ4n) is 3.94. The molecule has 0 bridgehead atoms. The second-order valence-corrected chi connectivity index (χ2v) is 9.59. The number of amides is 1. The number of rotatable bonds is 9. The lowest BCUT2D eigenvalue weighted by atomic mass is 10.1. The monoisotopic (exact) mass is 505 g/mol. The Hall–Kier alpha value is -3.10. The van der Waals surface area contributed by atoms with E-state index in [-0.39, 0.29) is 39.9 Å². The molecule has 1 amide bonds. The van der Waals surface area contributed by atoms with Crippen molar-refractivity contribution in [3.05, 3.63) is 73.8 Å². The van der Waals surface area contributed by atoms with Crippen molar-refractivity contribution >= 4 is 41.0 Å². The van der Waals surface area contributed by atoms with Gasteiger partial charge in [0.2, 0.25) is 5.91 Å². The predicted molar refractivity (Wildman–Crippen MR) is 131 cm³/mol. The molecule has 10 heteroatoms. The number of carbonyl (C=O) groups is 1. The molecule has 2 unspecified atom stereocenters. The van der Waals surface area contributed by atoms with Gasteiger partial charge < -0.3 is 9.47 Å². The van der Waals surface area contributed by atoms with E-state index < -0.39 is 4.92 Å². The Morgan fingerprint density at radius 1 is 1.26 bits per heavy atom. The standard InChI is InChI=1S/C24H25Cl2N3O5/c1-14-9-17(6-7-19(14)29(31)32)34-13-16-10-15(5-8-20(16)33-4)12-27-28-23(30)22-18(11-21(25)26)24(22,2)3/h5-12,18,22H,13H2,1-4H3,(H,28,30)/b27-12+. The molecule has 2 atom stereocenters. The van der Waals surface area contributed by atoms with Gasteiger partial charge in [-0.1, -0.05) is 37.0 Å². The molecule has 0 saturated heterocycles. The number of benzene rings is 2. The van der Waals surface area contributed by atoms with Crippen molar-refractivity contribution in [2.24, 2.45) is 22.4 Å². The molecule has 0 heterocycles. The molecule has 0 aromatic heterocycles. The second kappa shape index (κ2) is 10.4. The molecule has 2 aromatic rings. The van der Waals surface area contributed by atoms with E-state index in [9.17, 15) is 14.9 Å². The third kappa shape index (κ3) is 5.87. The van der Waals surface area contributed by atoms with Gasteiger partial charge in [-0.15, -0.1) is 0 Å². The Morgan fingerprint density at radius 3 is 2.62 bits per heavy atom. The first-order valence-corrected chi connectivity index (χ1v) is 11.2. The SMILES string of the molecule is COc1ccc(/C=N/NC(=O)C2C(C=C(Cl)Cl)C2(C)C)cc1COc1ccc([N+](=O)[O-])c(C)c1. The van der Waals surface area contributed by atoms with Crippen LogP contribution in [0.15, 0.2) is 52.1 Å². The maximum Gasteiger partial charge on any atom is 0.272 e. The van der Waals surface area contributed by atoms with Gasteiger partial charge >= 0.3 is 0 Å². The van der Waals surface area contributed by atoms with E-state index in [1.165, 1.54) is 12.3 Å². The normalized spacial score (nSPS) is 18.3. The number of nitro groups is 1. The fourth-order valence-corrected chi connectivity index (χ4v) is 4.21. The predicted octanol–water partition coefficient (Wildman–Crippen LogP) is 5.53. The summed E-state index contributed by atoms with van der Waals surface area (Å²) in [5.74, 6) is 0.613. The summed E-state index contributed by atoms with van der Waals surface area (Å²) in [5, 5.41) is 15.1. The largest absolute Gasteiger partial charge is 0.496 e. The smallest absolute Gasteiger partial charge is 0.272 e. The van der Waals surface area contributed by atoms with Crippen molar-refractivity contribution in [3.63, 3.8) is 0 Å². The number of hydrogen-bond donors (Lipinski definition) is 1. The van der Waals surface area contributed by atoms with Gasteiger partial charge in [0.25, 0.3) is 5.69 Å². The average molecular weight is 506 g/mol. The number of ether oxygens (including phenoxy) is 2. The van der Waals surface area contributed by atoms with Gasteiger partial charge in [0.15, 0.2) is 0 Å². The van der Waals surface area contributed by atoms with Gasteiger partial charge in [-0.3, -0.25) is 14.9 Å². The van der Waals surface area contributed by atoms with E-state index in [4.69, 9.17) is 32.7 Å². The van der Waals surface area contributed by atoms with Gasteiger partial charge in [-0.05, 0) is 60.2 Å². The van der Waals surface area contributed by atoms with E-state index in [0.29, 0.717) is 17.1 Å². The van der Waals surface area contributed by atoms with Crippen molar-refractivity contribution in [1.82, 2.24) is 5.43 Å². The summed E-state index contributed by atoms with van der Waals surface area (Å²) in [6.45, 7) is 5.78. The lowest BCUT2D eigenvalue weighted by Gasteiger charge is -2.11. The highest BCUT2D eigenvalue weighted by molar-refractivity contribution is 6.55. The van der Waals surface area contributed by atoms with Crippen molar-refractivity contribution in [2.75, 3.05) is 7.11 Å². The Balaban J connectivity index is 1.65. The third-order valence-electron chi connectivity index (χ3n) is 5.95. The first kappa shape index (κ1) is 25.5. The van der Waals surface area contributed by atoms with Crippen LogP contribution in [0.3, 0.4) is 0 Å². The number of allylic oxidation sites excluding steroid dienone is 1. The zero-order valence-corrected chi connectivity index (χ0v) is 20.7.